The first-order valence-corrected chi connectivity index (χ1v) is 12.4. The minimum atomic E-state index is -0.197. The molecule has 0 aliphatic carbocycles. The van der Waals surface area contributed by atoms with Crippen LogP contribution in [0.5, 0.6) is 5.75 Å². The number of nitrogens with zero attached hydrogens (tertiary/aromatic N) is 5. The lowest BCUT2D eigenvalue weighted by Crippen LogP contribution is -2.39. The Kier molecular flexibility index (Phi) is 6.94. The molecule has 0 N–H and O–H groups in total. The fraction of sp³-hybridized carbons (Fsp3) is 0.360. The first-order chi connectivity index (χ1) is 16.7. The van der Waals surface area contributed by atoms with Crippen molar-refractivity contribution in [2.45, 2.75) is 13.3 Å². The highest BCUT2D eigenvalue weighted by Crippen LogP contribution is 2.35. The third kappa shape index (κ3) is 4.86. The minimum Gasteiger partial charge on any atom is -0.492 e. The Morgan fingerprint density at radius 3 is 2.76 bits per heavy atom. The molecule has 0 saturated carbocycles. The van der Waals surface area contributed by atoms with E-state index in [2.05, 4.69) is 14.9 Å². The van der Waals surface area contributed by atoms with Crippen LogP contribution in [0.4, 0.5) is 5.13 Å². The summed E-state index contributed by atoms with van der Waals surface area (Å²) >= 11 is 1.49. The molecule has 0 spiro atoms. The smallest absolute Gasteiger partial charge is 0.280 e. The molecule has 9 heteroatoms. The number of fused-ring (bicyclic) bond motifs is 2. The Labute approximate surface area is 202 Å². The van der Waals surface area contributed by atoms with E-state index in [1.165, 1.54) is 11.3 Å². The van der Waals surface area contributed by atoms with E-state index < -0.39 is 0 Å². The molecule has 1 saturated heterocycles. The summed E-state index contributed by atoms with van der Waals surface area (Å²) in [6.07, 6.45) is 2.37. The molecule has 0 unspecified atom stereocenters. The SMILES string of the molecule is CCOc1cccc2sc(N(CCCN3CCOCC3)C(=O)c3cnc4ccccc4n3)nc12. The molecule has 0 bridgehead atoms. The lowest BCUT2D eigenvalue weighted by atomic mass is 10.2. The lowest BCUT2D eigenvalue weighted by Gasteiger charge is -2.27. The summed E-state index contributed by atoms with van der Waals surface area (Å²) in [4.78, 5) is 31.6. The summed E-state index contributed by atoms with van der Waals surface area (Å²) in [7, 11) is 0. The maximum absolute atomic E-state index is 13.7. The second-order valence-corrected chi connectivity index (χ2v) is 9.05. The molecule has 2 aromatic carbocycles. The van der Waals surface area contributed by atoms with Crippen molar-refractivity contribution in [1.29, 1.82) is 0 Å². The Bertz CT molecular complexity index is 1290. The quantitative estimate of drug-likeness (QED) is 0.379. The molecule has 1 aliphatic rings. The van der Waals surface area contributed by atoms with Crippen LogP contribution in [0, 0.1) is 0 Å². The Morgan fingerprint density at radius 1 is 1.12 bits per heavy atom. The Hall–Kier alpha value is -3.14. The Morgan fingerprint density at radius 2 is 1.94 bits per heavy atom. The summed E-state index contributed by atoms with van der Waals surface area (Å²) in [5.41, 5.74) is 2.55. The van der Waals surface area contributed by atoms with E-state index in [4.69, 9.17) is 14.5 Å². The molecule has 3 heterocycles. The van der Waals surface area contributed by atoms with Crippen molar-refractivity contribution >= 4 is 43.6 Å². The number of amides is 1. The number of rotatable bonds is 8. The van der Waals surface area contributed by atoms with Crippen LogP contribution in [-0.2, 0) is 4.74 Å². The van der Waals surface area contributed by atoms with Crippen molar-refractivity contribution in [2.24, 2.45) is 0 Å². The van der Waals surface area contributed by atoms with Crippen LogP contribution in [-0.4, -0.2) is 71.8 Å². The molecular formula is C25H27N5O3S. The lowest BCUT2D eigenvalue weighted by molar-refractivity contribution is 0.0376. The van der Waals surface area contributed by atoms with Crippen molar-refractivity contribution in [2.75, 3.05) is 50.9 Å². The van der Waals surface area contributed by atoms with E-state index in [1.807, 2.05) is 49.4 Å². The topological polar surface area (TPSA) is 80.7 Å². The van der Waals surface area contributed by atoms with Crippen LogP contribution >= 0.6 is 11.3 Å². The third-order valence-electron chi connectivity index (χ3n) is 5.77. The van der Waals surface area contributed by atoms with Gasteiger partial charge in [-0.1, -0.05) is 29.5 Å². The molecule has 176 valence electrons. The number of thiazole rings is 1. The van der Waals surface area contributed by atoms with Gasteiger partial charge in [-0.25, -0.2) is 9.97 Å². The average Bonchev–Trinajstić information content (AvgIpc) is 3.32. The molecule has 0 radical (unpaired) electrons. The standard InChI is InChI=1S/C25H27N5O3S/c1-2-33-21-9-5-10-22-23(21)28-25(34-22)30(12-6-11-29-13-15-32-16-14-29)24(31)20-17-26-18-7-3-4-8-19(18)27-20/h3-5,7-10,17H,2,6,11-16H2,1H3. The third-order valence-corrected chi connectivity index (χ3v) is 6.82. The van der Waals surface area contributed by atoms with Gasteiger partial charge in [-0.05, 0) is 37.6 Å². The fourth-order valence-electron chi connectivity index (χ4n) is 4.06. The van der Waals surface area contributed by atoms with Crippen molar-refractivity contribution < 1.29 is 14.3 Å². The van der Waals surface area contributed by atoms with Gasteiger partial charge in [0.2, 0.25) is 0 Å². The minimum absolute atomic E-state index is 0.197. The highest BCUT2D eigenvalue weighted by atomic mass is 32.1. The van der Waals surface area contributed by atoms with Gasteiger partial charge in [-0.2, -0.15) is 0 Å². The van der Waals surface area contributed by atoms with Crippen molar-refractivity contribution in [1.82, 2.24) is 19.9 Å². The zero-order valence-electron chi connectivity index (χ0n) is 19.1. The van der Waals surface area contributed by atoms with E-state index in [0.717, 1.165) is 60.8 Å². The predicted octanol–water partition coefficient (Wildman–Crippen LogP) is 4.01. The van der Waals surface area contributed by atoms with Gasteiger partial charge in [-0.3, -0.25) is 19.6 Å². The second kappa shape index (κ2) is 10.4. The molecular weight excluding hydrogens is 450 g/mol. The van der Waals surface area contributed by atoms with E-state index in [1.54, 1.807) is 11.1 Å². The van der Waals surface area contributed by atoms with Crippen LogP contribution < -0.4 is 9.64 Å². The number of aromatic nitrogens is 3. The number of benzene rings is 2. The highest BCUT2D eigenvalue weighted by Gasteiger charge is 2.24. The molecule has 4 aromatic rings. The second-order valence-electron chi connectivity index (χ2n) is 8.04. The zero-order valence-corrected chi connectivity index (χ0v) is 20.0. The monoisotopic (exact) mass is 477 g/mol. The van der Waals surface area contributed by atoms with Crippen LogP contribution in [0.25, 0.3) is 21.3 Å². The van der Waals surface area contributed by atoms with E-state index >= 15 is 0 Å². The van der Waals surface area contributed by atoms with Crippen LogP contribution in [0.1, 0.15) is 23.8 Å². The number of ether oxygens (including phenoxy) is 2. The summed E-state index contributed by atoms with van der Waals surface area (Å²) in [5.74, 6) is 0.533. The Balaban J connectivity index is 1.45. The predicted molar refractivity (Wildman–Crippen MR) is 134 cm³/mol. The normalized spacial score (nSPS) is 14.5. The van der Waals surface area contributed by atoms with E-state index in [9.17, 15) is 4.79 Å². The number of carbonyl (C=O) groups excluding carboxylic acids is 1. The fourth-order valence-corrected chi connectivity index (χ4v) is 5.07. The molecule has 34 heavy (non-hydrogen) atoms. The van der Waals surface area contributed by atoms with Gasteiger partial charge < -0.3 is 9.47 Å². The van der Waals surface area contributed by atoms with Crippen molar-refractivity contribution in [3.05, 3.63) is 54.4 Å². The summed E-state index contributed by atoms with van der Waals surface area (Å²) in [6.45, 7) is 7.29. The first kappa shape index (κ1) is 22.6. The van der Waals surface area contributed by atoms with E-state index in [-0.39, 0.29) is 5.91 Å². The summed E-state index contributed by atoms with van der Waals surface area (Å²) in [6, 6.07) is 13.4. The summed E-state index contributed by atoms with van der Waals surface area (Å²) < 4.78 is 12.2. The molecule has 2 aromatic heterocycles. The van der Waals surface area contributed by atoms with Crippen LogP contribution in [0.2, 0.25) is 0 Å². The van der Waals surface area contributed by atoms with Gasteiger partial charge in [0.15, 0.2) is 5.13 Å². The van der Waals surface area contributed by atoms with Crippen molar-refractivity contribution in [3.63, 3.8) is 0 Å². The van der Waals surface area contributed by atoms with Gasteiger partial charge >= 0.3 is 0 Å². The van der Waals surface area contributed by atoms with Crippen molar-refractivity contribution in [3.8, 4) is 5.75 Å². The van der Waals surface area contributed by atoms with Gasteiger partial charge in [0.25, 0.3) is 5.91 Å². The summed E-state index contributed by atoms with van der Waals surface area (Å²) in [5, 5.41) is 0.643. The molecule has 0 atom stereocenters. The average molecular weight is 478 g/mol. The molecule has 5 rings (SSSR count). The largest absolute Gasteiger partial charge is 0.492 e. The number of carbonyl (C=O) groups is 1. The van der Waals surface area contributed by atoms with Crippen LogP contribution in [0.15, 0.2) is 48.7 Å². The van der Waals surface area contributed by atoms with Gasteiger partial charge in [0, 0.05) is 26.2 Å². The molecule has 8 nitrogen and oxygen atoms in total. The van der Waals surface area contributed by atoms with Crippen LogP contribution in [0.3, 0.4) is 0 Å². The first-order valence-electron chi connectivity index (χ1n) is 11.6. The number of para-hydroxylation sites is 3. The molecule has 1 aliphatic heterocycles. The molecule has 1 amide bonds. The maximum Gasteiger partial charge on any atom is 0.280 e. The van der Waals surface area contributed by atoms with Gasteiger partial charge in [0.05, 0.1) is 41.8 Å². The highest BCUT2D eigenvalue weighted by molar-refractivity contribution is 7.22. The zero-order chi connectivity index (χ0) is 23.3. The number of morpholine rings is 1. The number of anilines is 1. The van der Waals surface area contributed by atoms with Gasteiger partial charge in [0.1, 0.15) is 17.0 Å². The maximum atomic E-state index is 13.7. The number of hydrogen-bond donors (Lipinski definition) is 0. The number of hydrogen-bond acceptors (Lipinski definition) is 8. The van der Waals surface area contributed by atoms with E-state index in [0.29, 0.717) is 29.5 Å². The molecule has 1 fully saturated rings. The van der Waals surface area contributed by atoms with Gasteiger partial charge in [-0.15, -0.1) is 0 Å².